The van der Waals surface area contributed by atoms with E-state index in [0.29, 0.717) is 27.5 Å². The first-order valence-corrected chi connectivity index (χ1v) is 10.6. The second kappa shape index (κ2) is 7.20. The van der Waals surface area contributed by atoms with Crippen molar-refractivity contribution < 1.29 is 9.53 Å². The lowest BCUT2D eigenvalue weighted by Crippen LogP contribution is -2.43. The quantitative estimate of drug-likeness (QED) is 0.456. The Labute approximate surface area is 183 Å². The Morgan fingerprint density at radius 3 is 2.71 bits per heavy atom. The van der Waals surface area contributed by atoms with Gasteiger partial charge in [-0.25, -0.2) is 0 Å². The number of carbonyl (C=O) groups is 1. The fourth-order valence-electron chi connectivity index (χ4n) is 4.35. The number of nitrogens with zero attached hydrogens (tertiary/aromatic N) is 4. The van der Waals surface area contributed by atoms with Crippen LogP contribution in [0.2, 0.25) is 5.02 Å². The van der Waals surface area contributed by atoms with Crippen LogP contribution in [0.5, 0.6) is 0 Å². The molecule has 7 nitrogen and oxygen atoms in total. The van der Waals surface area contributed by atoms with Crippen LogP contribution in [0.3, 0.4) is 0 Å². The number of halogens is 1. The lowest BCUT2D eigenvalue weighted by molar-refractivity contribution is -0.156. The molecule has 0 atom stereocenters. The molecule has 1 saturated carbocycles. The van der Waals surface area contributed by atoms with Crippen LogP contribution in [0.25, 0.3) is 16.7 Å². The summed E-state index contributed by atoms with van der Waals surface area (Å²) in [7, 11) is 1.66. The van der Waals surface area contributed by atoms with Crippen LogP contribution in [0.4, 0.5) is 0 Å². The minimum atomic E-state index is -0.669. The molecule has 8 heteroatoms. The van der Waals surface area contributed by atoms with E-state index < -0.39 is 5.41 Å². The average molecular weight is 437 g/mol. The summed E-state index contributed by atoms with van der Waals surface area (Å²) in [5, 5.41) is 9.54. The van der Waals surface area contributed by atoms with Crippen molar-refractivity contribution >= 4 is 34.3 Å². The molecule has 31 heavy (non-hydrogen) atoms. The van der Waals surface area contributed by atoms with Gasteiger partial charge in [0.15, 0.2) is 12.4 Å². The van der Waals surface area contributed by atoms with Gasteiger partial charge in [0.2, 0.25) is 5.78 Å². The maximum atomic E-state index is 13.1. The van der Waals surface area contributed by atoms with Gasteiger partial charge in [0, 0.05) is 12.1 Å². The average Bonchev–Trinajstić information content (AvgIpc) is 3.14. The predicted molar refractivity (Wildman–Crippen MR) is 117 cm³/mol. The fourth-order valence-corrected chi connectivity index (χ4v) is 4.54. The Kier molecular flexibility index (Phi) is 4.59. The van der Waals surface area contributed by atoms with Crippen LogP contribution >= 0.6 is 11.6 Å². The van der Waals surface area contributed by atoms with E-state index in [4.69, 9.17) is 16.3 Å². The Hall–Kier alpha value is -3.19. The van der Waals surface area contributed by atoms with Crippen LogP contribution in [-0.2, 0) is 28.6 Å². The zero-order valence-electron chi connectivity index (χ0n) is 17.3. The summed E-state index contributed by atoms with van der Waals surface area (Å²) in [6.07, 6.45) is 2.41. The molecule has 1 aliphatic rings. The summed E-state index contributed by atoms with van der Waals surface area (Å²) in [5.74, 6) is 0.580. The van der Waals surface area contributed by atoms with Gasteiger partial charge < -0.3 is 4.74 Å². The SMILES string of the molecule is Cc1ccc2c(c1)c(=O)n(C)c1nnc(COC(=O)C3(c4cccc(Cl)c4)CCC3)n21. The maximum Gasteiger partial charge on any atom is 0.317 e. The van der Waals surface area contributed by atoms with E-state index in [9.17, 15) is 9.59 Å². The smallest absolute Gasteiger partial charge is 0.317 e. The third-order valence-electron chi connectivity index (χ3n) is 6.25. The van der Waals surface area contributed by atoms with Crippen molar-refractivity contribution in [2.45, 2.75) is 38.2 Å². The van der Waals surface area contributed by atoms with Gasteiger partial charge in [0.1, 0.15) is 0 Å². The first-order chi connectivity index (χ1) is 14.9. The fraction of sp³-hybridized carbons (Fsp3) is 0.304. The molecule has 158 valence electrons. The standard InChI is InChI=1S/C23H21ClN4O3/c1-14-7-8-18-17(11-14)20(29)27(2)22-26-25-19(28(18)22)13-31-21(30)23(9-4-10-23)15-5-3-6-16(24)12-15/h3,5-8,11-12H,4,9-10,13H2,1-2H3. The molecule has 0 saturated heterocycles. The molecule has 0 radical (unpaired) electrons. The second-order valence-corrected chi connectivity index (χ2v) is 8.59. The van der Waals surface area contributed by atoms with Gasteiger partial charge in [-0.1, -0.05) is 41.8 Å². The molecular formula is C23H21ClN4O3. The number of fused-ring (bicyclic) bond motifs is 3. The summed E-state index contributed by atoms with van der Waals surface area (Å²) < 4.78 is 8.98. The normalized spacial score (nSPS) is 15.2. The number of hydrogen-bond acceptors (Lipinski definition) is 5. The largest absolute Gasteiger partial charge is 0.457 e. The summed E-state index contributed by atoms with van der Waals surface area (Å²) in [5.41, 5.74) is 1.74. The number of hydrogen-bond donors (Lipinski definition) is 0. The topological polar surface area (TPSA) is 78.5 Å². The number of esters is 1. The van der Waals surface area contributed by atoms with Gasteiger partial charge in [-0.05, 0) is 49.6 Å². The molecule has 0 amide bonds. The van der Waals surface area contributed by atoms with E-state index in [1.807, 2.05) is 43.3 Å². The molecule has 0 spiro atoms. The molecule has 0 N–H and O–H groups in total. The molecule has 0 bridgehead atoms. The number of rotatable bonds is 4. The highest BCUT2D eigenvalue weighted by Gasteiger charge is 2.47. The summed E-state index contributed by atoms with van der Waals surface area (Å²) in [6, 6.07) is 13.0. The number of aryl methyl sites for hydroxylation is 2. The lowest BCUT2D eigenvalue weighted by atomic mass is 9.64. The van der Waals surface area contributed by atoms with Crippen molar-refractivity contribution in [1.82, 2.24) is 19.2 Å². The second-order valence-electron chi connectivity index (χ2n) is 8.16. The zero-order chi connectivity index (χ0) is 21.8. The van der Waals surface area contributed by atoms with Crippen LogP contribution < -0.4 is 5.56 Å². The monoisotopic (exact) mass is 436 g/mol. The van der Waals surface area contributed by atoms with Crippen molar-refractivity contribution in [3.8, 4) is 0 Å². The molecule has 0 aliphatic heterocycles. The zero-order valence-corrected chi connectivity index (χ0v) is 18.0. The number of benzene rings is 2. The van der Waals surface area contributed by atoms with Crippen molar-refractivity contribution in [3.05, 3.63) is 74.8 Å². The predicted octanol–water partition coefficient (Wildman–Crippen LogP) is 3.71. The Balaban J connectivity index is 1.51. The third kappa shape index (κ3) is 3.03. The molecule has 2 aromatic heterocycles. The van der Waals surface area contributed by atoms with Gasteiger partial charge in [-0.2, -0.15) is 0 Å². The molecule has 2 heterocycles. The number of ether oxygens (including phenoxy) is 1. The van der Waals surface area contributed by atoms with Gasteiger partial charge in [0.05, 0.1) is 16.3 Å². The summed E-state index contributed by atoms with van der Waals surface area (Å²) >= 11 is 6.15. The minimum absolute atomic E-state index is 0.0382. The highest BCUT2D eigenvalue weighted by molar-refractivity contribution is 6.30. The first kappa shape index (κ1) is 19.8. The van der Waals surface area contributed by atoms with Gasteiger partial charge in [0.25, 0.3) is 5.56 Å². The molecule has 0 unspecified atom stereocenters. The lowest BCUT2D eigenvalue weighted by Gasteiger charge is -2.39. The molecule has 1 fully saturated rings. The van der Waals surface area contributed by atoms with Crippen LogP contribution in [0, 0.1) is 6.92 Å². The molecule has 1 aliphatic carbocycles. The van der Waals surface area contributed by atoms with Crippen molar-refractivity contribution in [1.29, 1.82) is 0 Å². The van der Waals surface area contributed by atoms with E-state index in [-0.39, 0.29) is 18.1 Å². The molecular weight excluding hydrogens is 416 g/mol. The van der Waals surface area contributed by atoms with Crippen LogP contribution in [-0.4, -0.2) is 25.1 Å². The van der Waals surface area contributed by atoms with E-state index in [1.54, 1.807) is 17.5 Å². The Bertz CT molecular complexity index is 1400. The van der Waals surface area contributed by atoms with E-state index in [1.165, 1.54) is 4.57 Å². The maximum absolute atomic E-state index is 13.1. The van der Waals surface area contributed by atoms with Gasteiger partial charge >= 0.3 is 5.97 Å². The van der Waals surface area contributed by atoms with Gasteiger partial charge in [-0.15, -0.1) is 10.2 Å². The molecule has 2 aromatic carbocycles. The van der Waals surface area contributed by atoms with Crippen molar-refractivity contribution in [2.75, 3.05) is 0 Å². The molecule has 5 rings (SSSR count). The van der Waals surface area contributed by atoms with E-state index in [2.05, 4.69) is 10.2 Å². The number of aromatic nitrogens is 4. The highest BCUT2D eigenvalue weighted by Crippen LogP contribution is 2.45. The van der Waals surface area contributed by atoms with Crippen LogP contribution in [0.1, 0.15) is 36.2 Å². The highest BCUT2D eigenvalue weighted by atomic mass is 35.5. The summed E-state index contributed by atoms with van der Waals surface area (Å²) in [6.45, 7) is 1.90. The van der Waals surface area contributed by atoms with Gasteiger partial charge in [-0.3, -0.25) is 18.6 Å². The Morgan fingerprint density at radius 2 is 2.00 bits per heavy atom. The van der Waals surface area contributed by atoms with Crippen LogP contribution in [0.15, 0.2) is 47.3 Å². The number of carbonyl (C=O) groups excluding carboxylic acids is 1. The van der Waals surface area contributed by atoms with Crippen molar-refractivity contribution in [3.63, 3.8) is 0 Å². The Morgan fingerprint density at radius 1 is 1.19 bits per heavy atom. The first-order valence-electron chi connectivity index (χ1n) is 10.2. The third-order valence-corrected chi connectivity index (χ3v) is 6.48. The van der Waals surface area contributed by atoms with Crippen molar-refractivity contribution in [2.24, 2.45) is 7.05 Å². The van der Waals surface area contributed by atoms with E-state index >= 15 is 0 Å². The minimum Gasteiger partial charge on any atom is -0.457 e. The molecule has 4 aromatic rings. The summed E-state index contributed by atoms with van der Waals surface area (Å²) in [4.78, 5) is 25.9. The van der Waals surface area contributed by atoms with E-state index in [0.717, 1.165) is 30.4 Å².